The molecule has 0 unspecified atom stereocenters. The van der Waals surface area contributed by atoms with Gasteiger partial charge in [0.1, 0.15) is 0 Å². The third-order valence-corrected chi connectivity index (χ3v) is 6.63. The van der Waals surface area contributed by atoms with Crippen LogP contribution in [0, 0.1) is 5.92 Å². The second-order valence-electron chi connectivity index (χ2n) is 10.2. The van der Waals surface area contributed by atoms with Gasteiger partial charge >= 0.3 is 11.9 Å². The molecule has 0 N–H and O–H groups in total. The van der Waals surface area contributed by atoms with Crippen LogP contribution in [0.3, 0.4) is 0 Å². The van der Waals surface area contributed by atoms with Gasteiger partial charge in [-0.2, -0.15) is 0 Å². The molecule has 5 nitrogen and oxygen atoms in total. The Bertz CT molecular complexity index is 1240. The number of hydrogen-bond donors (Lipinski definition) is 0. The number of pyridine rings is 1. The van der Waals surface area contributed by atoms with Crippen LogP contribution in [0.2, 0.25) is 5.02 Å². The van der Waals surface area contributed by atoms with E-state index in [1.165, 1.54) is 16.8 Å². The van der Waals surface area contributed by atoms with Gasteiger partial charge in [0, 0.05) is 16.3 Å². The van der Waals surface area contributed by atoms with E-state index in [1.54, 1.807) is 27.7 Å². The average Bonchev–Trinajstić information content (AvgIpc) is 3.31. The number of halogens is 1. The SMILES string of the molecule is CC(C)OC(=O)C(Cc1ccc(Cc2cc(-c3cccc(Cl)c3)nc3c2CCC3)cc1)C(=O)OC(C)C. The molecule has 37 heavy (non-hydrogen) atoms. The van der Waals surface area contributed by atoms with E-state index in [0.29, 0.717) is 5.02 Å². The van der Waals surface area contributed by atoms with Gasteiger partial charge in [-0.3, -0.25) is 14.6 Å². The topological polar surface area (TPSA) is 65.5 Å². The van der Waals surface area contributed by atoms with Crippen LogP contribution >= 0.6 is 11.6 Å². The van der Waals surface area contributed by atoms with Gasteiger partial charge in [-0.15, -0.1) is 0 Å². The fourth-order valence-corrected chi connectivity index (χ4v) is 4.91. The molecule has 194 valence electrons. The second kappa shape index (κ2) is 11.9. The molecule has 0 saturated heterocycles. The van der Waals surface area contributed by atoms with Gasteiger partial charge in [0.05, 0.1) is 17.9 Å². The number of benzene rings is 2. The van der Waals surface area contributed by atoms with Gasteiger partial charge in [-0.05, 0) is 100 Å². The normalized spacial score (nSPS) is 12.8. The molecule has 1 aliphatic carbocycles. The van der Waals surface area contributed by atoms with E-state index in [0.717, 1.165) is 48.1 Å². The van der Waals surface area contributed by atoms with Crippen molar-refractivity contribution in [2.45, 2.75) is 72.0 Å². The van der Waals surface area contributed by atoms with E-state index >= 15 is 0 Å². The monoisotopic (exact) mass is 519 g/mol. The highest BCUT2D eigenvalue weighted by Crippen LogP contribution is 2.31. The Labute approximate surface area is 224 Å². The summed E-state index contributed by atoms with van der Waals surface area (Å²) in [5, 5.41) is 0.699. The highest BCUT2D eigenvalue weighted by molar-refractivity contribution is 6.30. The third-order valence-electron chi connectivity index (χ3n) is 6.39. The first-order chi connectivity index (χ1) is 17.7. The van der Waals surface area contributed by atoms with Crippen molar-refractivity contribution >= 4 is 23.5 Å². The molecule has 6 heteroatoms. The van der Waals surface area contributed by atoms with E-state index in [9.17, 15) is 9.59 Å². The fourth-order valence-electron chi connectivity index (χ4n) is 4.72. The number of nitrogens with zero attached hydrogens (tertiary/aromatic N) is 1. The zero-order chi connectivity index (χ0) is 26.5. The molecule has 0 aliphatic heterocycles. The Balaban J connectivity index is 1.54. The van der Waals surface area contributed by atoms with Crippen molar-refractivity contribution in [3.05, 3.63) is 87.6 Å². The molecule has 3 aromatic rings. The molecule has 1 heterocycles. The summed E-state index contributed by atoms with van der Waals surface area (Å²) in [5.41, 5.74) is 7.82. The second-order valence-corrected chi connectivity index (χ2v) is 10.6. The maximum atomic E-state index is 12.6. The maximum Gasteiger partial charge on any atom is 0.320 e. The zero-order valence-corrected chi connectivity index (χ0v) is 22.7. The summed E-state index contributed by atoms with van der Waals surface area (Å²) in [4.78, 5) is 30.2. The molecule has 0 fully saturated rings. The van der Waals surface area contributed by atoms with Gasteiger partial charge in [-0.25, -0.2) is 0 Å². The molecule has 0 amide bonds. The molecule has 2 aromatic carbocycles. The van der Waals surface area contributed by atoms with Crippen LogP contribution in [0.4, 0.5) is 0 Å². The lowest BCUT2D eigenvalue weighted by atomic mass is 9.94. The van der Waals surface area contributed by atoms with E-state index < -0.39 is 17.9 Å². The van der Waals surface area contributed by atoms with Crippen LogP contribution in [0.5, 0.6) is 0 Å². The number of aryl methyl sites for hydroxylation is 1. The average molecular weight is 520 g/mol. The van der Waals surface area contributed by atoms with Crippen LogP contribution in [-0.4, -0.2) is 29.1 Å². The highest BCUT2D eigenvalue weighted by Gasteiger charge is 2.31. The van der Waals surface area contributed by atoms with Gasteiger partial charge < -0.3 is 9.47 Å². The number of carbonyl (C=O) groups excluding carboxylic acids is 2. The van der Waals surface area contributed by atoms with Crippen molar-refractivity contribution in [3.63, 3.8) is 0 Å². The van der Waals surface area contributed by atoms with Crippen molar-refractivity contribution in [3.8, 4) is 11.3 Å². The van der Waals surface area contributed by atoms with Crippen molar-refractivity contribution in [2.24, 2.45) is 5.92 Å². The molecular formula is C31H34ClNO4. The maximum absolute atomic E-state index is 12.6. The van der Waals surface area contributed by atoms with E-state index in [4.69, 9.17) is 26.1 Å². The van der Waals surface area contributed by atoms with Crippen LogP contribution in [-0.2, 0) is 44.7 Å². The van der Waals surface area contributed by atoms with Crippen molar-refractivity contribution in [1.29, 1.82) is 0 Å². The Morgan fingerprint density at radius 2 is 1.54 bits per heavy atom. The largest absolute Gasteiger partial charge is 0.462 e. The number of fused-ring (bicyclic) bond motifs is 1. The number of carbonyl (C=O) groups is 2. The molecular weight excluding hydrogens is 486 g/mol. The molecule has 1 aromatic heterocycles. The summed E-state index contributed by atoms with van der Waals surface area (Å²) in [7, 11) is 0. The van der Waals surface area contributed by atoms with Gasteiger partial charge in [0.15, 0.2) is 5.92 Å². The van der Waals surface area contributed by atoms with Gasteiger partial charge in [0.25, 0.3) is 0 Å². The van der Waals surface area contributed by atoms with E-state index in [1.807, 2.05) is 36.4 Å². The Hall–Kier alpha value is -3.18. The Morgan fingerprint density at radius 3 is 2.16 bits per heavy atom. The lowest BCUT2D eigenvalue weighted by Gasteiger charge is -2.18. The van der Waals surface area contributed by atoms with Crippen molar-refractivity contribution in [1.82, 2.24) is 4.98 Å². The molecule has 0 saturated carbocycles. The molecule has 0 radical (unpaired) electrons. The highest BCUT2D eigenvalue weighted by atomic mass is 35.5. The summed E-state index contributed by atoms with van der Waals surface area (Å²) in [6, 6.07) is 18.1. The quantitative estimate of drug-likeness (QED) is 0.237. The minimum absolute atomic E-state index is 0.237. The first-order valence-electron chi connectivity index (χ1n) is 13.0. The van der Waals surface area contributed by atoms with Crippen LogP contribution in [0.15, 0.2) is 54.6 Å². The van der Waals surface area contributed by atoms with E-state index in [-0.39, 0.29) is 18.6 Å². The van der Waals surface area contributed by atoms with Gasteiger partial charge in [-0.1, -0.05) is 48.0 Å². The number of esters is 2. The van der Waals surface area contributed by atoms with Crippen molar-refractivity contribution < 1.29 is 19.1 Å². The molecule has 0 atom stereocenters. The molecule has 0 bridgehead atoms. The van der Waals surface area contributed by atoms with Crippen LogP contribution < -0.4 is 0 Å². The minimum Gasteiger partial charge on any atom is -0.462 e. The van der Waals surface area contributed by atoms with Crippen molar-refractivity contribution in [2.75, 3.05) is 0 Å². The lowest BCUT2D eigenvalue weighted by molar-refractivity contribution is -0.166. The molecule has 4 rings (SSSR count). The minimum atomic E-state index is -0.987. The Morgan fingerprint density at radius 1 is 0.892 bits per heavy atom. The number of aromatic nitrogens is 1. The number of rotatable bonds is 9. The molecule has 1 aliphatic rings. The molecule has 0 spiro atoms. The number of hydrogen-bond acceptors (Lipinski definition) is 5. The Kier molecular flexibility index (Phi) is 8.65. The van der Waals surface area contributed by atoms with Gasteiger partial charge in [0.2, 0.25) is 0 Å². The zero-order valence-electron chi connectivity index (χ0n) is 21.9. The summed E-state index contributed by atoms with van der Waals surface area (Å²) in [5.74, 6) is -2.09. The van der Waals surface area contributed by atoms with Crippen LogP contribution in [0.25, 0.3) is 11.3 Å². The van der Waals surface area contributed by atoms with E-state index in [2.05, 4.69) is 18.2 Å². The summed E-state index contributed by atoms with van der Waals surface area (Å²) >= 11 is 6.23. The van der Waals surface area contributed by atoms with Crippen LogP contribution in [0.1, 0.15) is 62.1 Å². The fraction of sp³-hybridized carbons (Fsp3) is 0.387. The first-order valence-corrected chi connectivity index (χ1v) is 13.3. The summed E-state index contributed by atoms with van der Waals surface area (Å²) in [6.45, 7) is 7.08. The standard InChI is InChI=1S/C31H34ClNO4/c1-19(2)36-30(34)27(31(35)37-20(3)4)16-22-13-11-21(12-14-22)15-24-18-29(23-7-5-8-25(32)17-23)33-28-10-6-9-26(24)28/h5,7-8,11-14,17-20,27H,6,9-10,15-16H2,1-4H3. The number of ether oxygens (including phenoxy) is 2. The summed E-state index contributed by atoms with van der Waals surface area (Å²) < 4.78 is 10.7. The lowest BCUT2D eigenvalue weighted by Crippen LogP contribution is -2.32. The third kappa shape index (κ3) is 6.98. The first kappa shape index (κ1) is 26.9. The predicted octanol–water partition coefficient (Wildman–Crippen LogP) is 6.54. The summed E-state index contributed by atoms with van der Waals surface area (Å²) in [6.07, 6.45) is 3.58. The predicted molar refractivity (Wildman–Crippen MR) is 146 cm³/mol. The smallest absolute Gasteiger partial charge is 0.320 e.